The van der Waals surface area contributed by atoms with E-state index in [1.165, 1.54) is 6.42 Å². The molecule has 2 saturated heterocycles. The SMILES string of the molecule is CC[N+](C)(C)C[C@@H]1C(=O)O[C@@]23[C@H](CC[C@@]4(C)O[C@@H]24)[C@H](C)CC[C@@H]13. The molecular formula is C19H32NO3+. The van der Waals surface area contributed by atoms with Gasteiger partial charge in [0.25, 0.3) is 0 Å². The van der Waals surface area contributed by atoms with Crippen molar-refractivity contribution in [3.05, 3.63) is 0 Å². The van der Waals surface area contributed by atoms with Crippen LogP contribution < -0.4 is 0 Å². The number of rotatable bonds is 3. The van der Waals surface area contributed by atoms with Gasteiger partial charge >= 0.3 is 5.97 Å². The van der Waals surface area contributed by atoms with Crippen LogP contribution >= 0.6 is 0 Å². The summed E-state index contributed by atoms with van der Waals surface area (Å²) in [6, 6.07) is 0. The molecule has 0 radical (unpaired) electrons. The second-order valence-corrected chi connectivity index (χ2v) is 9.43. The van der Waals surface area contributed by atoms with Crippen molar-refractivity contribution >= 4 is 5.97 Å². The lowest BCUT2D eigenvalue weighted by Crippen LogP contribution is -2.59. The van der Waals surface area contributed by atoms with Gasteiger partial charge in [0.05, 0.1) is 32.8 Å². The first-order valence-electron chi connectivity index (χ1n) is 9.46. The Morgan fingerprint density at radius 2 is 1.96 bits per heavy atom. The highest BCUT2D eigenvalue weighted by molar-refractivity contribution is 5.77. The number of nitrogens with zero attached hydrogens (tertiary/aromatic N) is 1. The molecular weight excluding hydrogens is 290 g/mol. The first kappa shape index (κ1) is 15.9. The van der Waals surface area contributed by atoms with Crippen molar-refractivity contribution in [2.75, 3.05) is 27.2 Å². The number of ether oxygens (including phenoxy) is 2. The van der Waals surface area contributed by atoms with Gasteiger partial charge in [0.15, 0.2) is 0 Å². The molecule has 4 fully saturated rings. The normalized spacial score (nSPS) is 51.5. The van der Waals surface area contributed by atoms with Gasteiger partial charge in [-0.1, -0.05) is 6.92 Å². The van der Waals surface area contributed by atoms with Crippen LogP contribution in [0.2, 0.25) is 0 Å². The Morgan fingerprint density at radius 3 is 2.65 bits per heavy atom. The van der Waals surface area contributed by atoms with Gasteiger partial charge < -0.3 is 14.0 Å². The van der Waals surface area contributed by atoms with Crippen molar-refractivity contribution < 1.29 is 18.8 Å². The van der Waals surface area contributed by atoms with Gasteiger partial charge in [0.2, 0.25) is 0 Å². The molecule has 1 spiro atoms. The van der Waals surface area contributed by atoms with Gasteiger partial charge in [-0.05, 0) is 45.4 Å². The molecule has 23 heavy (non-hydrogen) atoms. The van der Waals surface area contributed by atoms with Crippen molar-refractivity contribution in [3.63, 3.8) is 0 Å². The summed E-state index contributed by atoms with van der Waals surface area (Å²) >= 11 is 0. The second kappa shape index (κ2) is 4.72. The predicted octanol–water partition coefficient (Wildman–Crippen LogP) is 2.61. The van der Waals surface area contributed by atoms with Gasteiger partial charge in [-0.3, -0.25) is 4.79 Å². The molecule has 0 N–H and O–H groups in total. The maximum Gasteiger partial charge on any atom is 0.315 e. The largest absolute Gasteiger partial charge is 0.455 e. The molecule has 130 valence electrons. The Bertz CT molecular complexity index is 533. The summed E-state index contributed by atoms with van der Waals surface area (Å²) in [4.78, 5) is 12.9. The first-order chi connectivity index (χ1) is 10.7. The zero-order valence-corrected chi connectivity index (χ0v) is 15.3. The first-order valence-corrected chi connectivity index (χ1v) is 9.46. The fourth-order valence-electron chi connectivity index (χ4n) is 5.92. The minimum atomic E-state index is -0.319. The molecule has 2 aliphatic carbocycles. The number of esters is 1. The van der Waals surface area contributed by atoms with Crippen molar-refractivity contribution in [2.45, 2.75) is 63.8 Å². The zero-order valence-electron chi connectivity index (χ0n) is 15.3. The van der Waals surface area contributed by atoms with Crippen LogP contribution in [0.5, 0.6) is 0 Å². The van der Waals surface area contributed by atoms with E-state index in [1.54, 1.807) is 0 Å². The highest BCUT2D eigenvalue weighted by Gasteiger charge is 2.77. The maximum absolute atomic E-state index is 12.9. The summed E-state index contributed by atoms with van der Waals surface area (Å²) in [7, 11) is 4.44. The number of quaternary nitrogens is 1. The van der Waals surface area contributed by atoms with Crippen LogP contribution in [-0.4, -0.2) is 54.9 Å². The van der Waals surface area contributed by atoms with E-state index in [-0.39, 0.29) is 29.2 Å². The van der Waals surface area contributed by atoms with Crippen molar-refractivity contribution in [1.29, 1.82) is 0 Å². The third kappa shape index (κ3) is 2.07. The summed E-state index contributed by atoms with van der Waals surface area (Å²) in [6.07, 6.45) is 4.77. The van der Waals surface area contributed by atoms with Crippen LogP contribution in [0.4, 0.5) is 0 Å². The van der Waals surface area contributed by atoms with E-state index in [0.717, 1.165) is 36.8 Å². The zero-order chi connectivity index (χ0) is 16.6. The van der Waals surface area contributed by atoms with Crippen LogP contribution in [0, 0.1) is 23.7 Å². The summed E-state index contributed by atoms with van der Waals surface area (Å²) in [5.74, 6) is 1.58. The Labute approximate surface area is 140 Å². The van der Waals surface area contributed by atoms with E-state index >= 15 is 0 Å². The predicted molar refractivity (Wildman–Crippen MR) is 87.7 cm³/mol. The summed E-state index contributed by atoms with van der Waals surface area (Å²) < 4.78 is 13.3. The van der Waals surface area contributed by atoms with Crippen molar-refractivity contribution in [2.24, 2.45) is 23.7 Å². The number of hydrogen-bond donors (Lipinski definition) is 0. The second-order valence-electron chi connectivity index (χ2n) is 9.43. The minimum absolute atomic E-state index is 0.0316. The van der Waals surface area contributed by atoms with Crippen molar-refractivity contribution in [3.8, 4) is 0 Å². The van der Waals surface area contributed by atoms with Gasteiger partial charge in [-0.15, -0.1) is 0 Å². The number of epoxide rings is 1. The Balaban J connectivity index is 1.70. The molecule has 2 heterocycles. The molecule has 0 aromatic carbocycles. The van der Waals surface area contributed by atoms with E-state index in [1.807, 2.05) is 0 Å². The van der Waals surface area contributed by atoms with Crippen molar-refractivity contribution in [1.82, 2.24) is 0 Å². The maximum atomic E-state index is 12.9. The molecule has 7 atom stereocenters. The average molecular weight is 322 g/mol. The van der Waals surface area contributed by atoms with Crippen LogP contribution in [0.15, 0.2) is 0 Å². The van der Waals surface area contributed by atoms with E-state index < -0.39 is 0 Å². The third-order valence-electron chi connectivity index (χ3n) is 7.64. The Kier molecular flexibility index (Phi) is 3.26. The quantitative estimate of drug-likeness (QED) is 0.455. The fourth-order valence-corrected chi connectivity index (χ4v) is 5.92. The van der Waals surface area contributed by atoms with Crippen LogP contribution in [0.3, 0.4) is 0 Å². The van der Waals surface area contributed by atoms with E-state index in [0.29, 0.717) is 17.8 Å². The Hall–Kier alpha value is -0.610. The molecule has 0 aromatic rings. The highest BCUT2D eigenvalue weighted by Crippen LogP contribution is 2.66. The van der Waals surface area contributed by atoms with Gasteiger partial charge in [0.1, 0.15) is 17.6 Å². The van der Waals surface area contributed by atoms with Gasteiger partial charge in [0, 0.05) is 11.8 Å². The molecule has 4 aliphatic rings. The van der Waals surface area contributed by atoms with Gasteiger partial charge in [-0.2, -0.15) is 0 Å². The Morgan fingerprint density at radius 1 is 1.22 bits per heavy atom. The molecule has 4 heteroatoms. The van der Waals surface area contributed by atoms with E-state index in [9.17, 15) is 4.79 Å². The van der Waals surface area contributed by atoms with Gasteiger partial charge in [-0.25, -0.2) is 0 Å². The average Bonchev–Trinajstić information content (AvgIpc) is 3.11. The van der Waals surface area contributed by atoms with Crippen LogP contribution in [0.1, 0.15) is 46.5 Å². The van der Waals surface area contributed by atoms with Crippen LogP contribution in [0.25, 0.3) is 0 Å². The molecule has 2 aliphatic heterocycles. The lowest BCUT2D eigenvalue weighted by molar-refractivity contribution is -0.891. The molecule has 2 saturated carbocycles. The summed E-state index contributed by atoms with van der Waals surface area (Å²) in [5, 5.41) is 0. The monoisotopic (exact) mass is 322 g/mol. The number of hydrogen-bond acceptors (Lipinski definition) is 3. The van der Waals surface area contributed by atoms with Crippen LogP contribution in [-0.2, 0) is 14.3 Å². The molecule has 4 rings (SSSR count). The summed E-state index contributed by atoms with van der Waals surface area (Å²) in [5.41, 5.74) is -0.351. The molecule has 0 unspecified atom stereocenters. The molecule has 4 nitrogen and oxygen atoms in total. The molecule has 0 bridgehead atoms. The lowest BCUT2D eigenvalue weighted by Gasteiger charge is -2.50. The standard InChI is InChI=1S/C19H32NO3/c1-6-20(4,5)11-13-15-8-7-12(2)14-9-10-18(3)17(23-18)19(14,15)22-16(13)21/h12-15,17H,6-11H2,1-5H3/q+1/t12-,13+,14-,15+,17-,18-,19-/m1/s1. The van der Waals surface area contributed by atoms with E-state index in [4.69, 9.17) is 9.47 Å². The summed E-state index contributed by atoms with van der Waals surface area (Å²) in [6.45, 7) is 8.70. The third-order valence-corrected chi connectivity index (χ3v) is 7.64. The highest BCUT2D eigenvalue weighted by atomic mass is 16.7. The number of carbonyl (C=O) groups is 1. The minimum Gasteiger partial charge on any atom is -0.455 e. The smallest absolute Gasteiger partial charge is 0.315 e. The number of fused-ring (bicyclic) bond motifs is 1. The number of carbonyl (C=O) groups excluding carboxylic acids is 1. The topological polar surface area (TPSA) is 38.8 Å². The molecule has 0 aromatic heterocycles. The lowest BCUT2D eigenvalue weighted by atomic mass is 9.55. The van der Waals surface area contributed by atoms with E-state index in [2.05, 4.69) is 34.9 Å². The fraction of sp³-hybridized carbons (Fsp3) is 0.947. The molecule has 0 amide bonds.